The van der Waals surface area contributed by atoms with Gasteiger partial charge < -0.3 is 40.4 Å². The molecule has 2 aliphatic heterocycles. The van der Waals surface area contributed by atoms with Crippen molar-refractivity contribution in [2.75, 3.05) is 35.8 Å². The fourth-order valence-electron chi connectivity index (χ4n) is 7.33. The van der Waals surface area contributed by atoms with E-state index in [9.17, 15) is 36.9 Å². The summed E-state index contributed by atoms with van der Waals surface area (Å²) in [5, 5.41) is 9.89. The van der Waals surface area contributed by atoms with Crippen LogP contribution in [0, 0.1) is 0 Å². The van der Waals surface area contributed by atoms with Crippen molar-refractivity contribution in [1.29, 1.82) is 0 Å². The van der Waals surface area contributed by atoms with Gasteiger partial charge in [0.2, 0.25) is 17.7 Å². The Labute approximate surface area is 383 Å². The molecule has 0 saturated heterocycles. The van der Waals surface area contributed by atoms with Gasteiger partial charge in [0.25, 0.3) is 16.0 Å². The van der Waals surface area contributed by atoms with E-state index >= 15 is 0 Å². The van der Waals surface area contributed by atoms with Crippen molar-refractivity contribution in [2.45, 2.75) is 121 Å². The van der Waals surface area contributed by atoms with Gasteiger partial charge >= 0.3 is 0 Å². The zero-order valence-corrected chi connectivity index (χ0v) is 39.9. The Morgan fingerprint density at radius 3 is 2.33 bits per heavy atom. The standard InChI is InChI=1S/C45H59N5O11S3/c1-9-60-24-30-17-31(25-61-39-22-36-35(21-38(39)59-8)44(55)50-34(23-46-36)20-32-12-10-11-13-37(32)50)19-33(18-30)49-43(54)28(4)48-42(53)27(3)47-41(52)14-15-45(6,7)63-62-26(2)16-40(29(5)51)64(56,57)58/h10-13,17-19,21-22,26-28,34,40,46H,9,14-16,20,23-25H2,1-8H3,(H,47,52)(H,48,53)(H,49,54)(H,56,57,58)/t26?,27-,28+,34-,40?/m0/s1. The predicted molar refractivity (Wildman–Crippen MR) is 251 cm³/mol. The molecular weight excluding hydrogens is 883 g/mol. The molecule has 3 aromatic rings. The number of fused-ring (bicyclic) bond motifs is 4. The average molecular weight is 942 g/mol. The molecule has 5 rings (SSSR count). The number of ether oxygens (including phenoxy) is 3. The minimum atomic E-state index is -4.51. The molecule has 5 atom stereocenters. The van der Waals surface area contributed by atoms with Crippen LogP contribution in [0.4, 0.5) is 17.1 Å². The number of para-hydroxylation sites is 1. The maximum absolute atomic E-state index is 13.9. The van der Waals surface area contributed by atoms with Crippen LogP contribution < -0.4 is 35.6 Å². The minimum absolute atomic E-state index is 0.0300. The van der Waals surface area contributed by atoms with Crippen molar-refractivity contribution in [1.82, 2.24) is 10.6 Å². The number of hydrogen-bond acceptors (Lipinski definition) is 13. The highest BCUT2D eigenvalue weighted by Gasteiger charge is 2.38. The summed E-state index contributed by atoms with van der Waals surface area (Å²) in [6, 6.07) is 14.9. The van der Waals surface area contributed by atoms with Crippen LogP contribution in [-0.2, 0) is 53.7 Å². The molecule has 0 radical (unpaired) electrons. The Bertz CT molecular complexity index is 2330. The molecule has 0 saturated carbocycles. The molecule has 2 aliphatic rings. The number of nitrogens with zero attached hydrogens (tertiary/aromatic N) is 1. The van der Waals surface area contributed by atoms with E-state index in [-0.39, 0.29) is 49.2 Å². The number of benzene rings is 3. The second kappa shape index (κ2) is 21.9. The van der Waals surface area contributed by atoms with Crippen molar-refractivity contribution in [2.24, 2.45) is 0 Å². The summed E-state index contributed by atoms with van der Waals surface area (Å²) in [5.74, 6) is -1.34. The summed E-state index contributed by atoms with van der Waals surface area (Å²) in [6.45, 7) is 13.1. The Morgan fingerprint density at radius 2 is 1.66 bits per heavy atom. The summed E-state index contributed by atoms with van der Waals surface area (Å²) < 4.78 is 49.8. The summed E-state index contributed by atoms with van der Waals surface area (Å²) in [6.07, 6.45) is 1.23. The normalized spacial score (nSPS) is 16.4. The third kappa shape index (κ3) is 13.4. The van der Waals surface area contributed by atoms with E-state index in [2.05, 4.69) is 21.3 Å². The number of carbonyl (C=O) groups is 5. The van der Waals surface area contributed by atoms with E-state index in [1.165, 1.54) is 42.5 Å². The van der Waals surface area contributed by atoms with Crippen molar-refractivity contribution in [3.05, 3.63) is 76.9 Å². The topological polar surface area (TPSA) is 219 Å². The molecule has 3 aromatic carbocycles. The quantitative estimate of drug-likeness (QED) is 0.0550. The highest BCUT2D eigenvalue weighted by Crippen LogP contribution is 2.43. The molecule has 0 aromatic heterocycles. The number of methoxy groups -OCH3 is 1. The molecule has 348 valence electrons. The highest BCUT2D eigenvalue weighted by molar-refractivity contribution is 8.77. The third-order valence-electron chi connectivity index (χ3n) is 10.8. The molecule has 0 fully saturated rings. The SMILES string of the molecule is CCOCc1cc(COc2cc3c(cc2OC)C(=O)N2c4ccccc4C[C@H]2CN3)cc(NC(=O)[C@@H](C)NC(=O)[C@H](C)NC(=O)CCC(C)(C)SSC(C)CC(C(C)=O)S(=O)(=O)O)c1. The van der Waals surface area contributed by atoms with E-state index in [0.717, 1.165) is 30.2 Å². The van der Waals surface area contributed by atoms with Crippen molar-refractivity contribution in [3.63, 3.8) is 0 Å². The van der Waals surface area contributed by atoms with E-state index in [4.69, 9.17) is 14.2 Å². The number of nitrogens with one attached hydrogen (secondary N) is 4. The number of carbonyl (C=O) groups excluding carboxylic acids is 5. The Hall–Kier alpha value is -4.82. The maximum Gasteiger partial charge on any atom is 0.275 e. The van der Waals surface area contributed by atoms with Gasteiger partial charge in [-0.25, -0.2) is 0 Å². The fraction of sp³-hybridized carbons (Fsp3) is 0.489. The van der Waals surface area contributed by atoms with Crippen LogP contribution in [0.5, 0.6) is 11.5 Å². The van der Waals surface area contributed by atoms with Gasteiger partial charge in [0.1, 0.15) is 29.7 Å². The first-order valence-electron chi connectivity index (χ1n) is 21.1. The molecule has 0 bridgehead atoms. The van der Waals surface area contributed by atoms with Crippen LogP contribution >= 0.6 is 21.6 Å². The molecule has 0 spiro atoms. The Morgan fingerprint density at radius 1 is 0.969 bits per heavy atom. The summed E-state index contributed by atoms with van der Waals surface area (Å²) >= 11 is 0. The van der Waals surface area contributed by atoms with Gasteiger partial charge in [-0.05, 0) is 108 Å². The molecule has 0 aliphatic carbocycles. The smallest absolute Gasteiger partial charge is 0.275 e. The van der Waals surface area contributed by atoms with Crippen LogP contribution in [0.1, 0.15) is 94.8 Å². The second-order valence-electron chi connectivity index (χ2n) is 16.7. The summed E-state index contributed by atoms with van der Waals surface area (Å²) in [7, 11) is -0.192. The van der Waals surface area contributed by atoms with E-state index in [0.29, 0.717) is 53.6 Å². The van der Waals surface area contributed by atoms with Crippen LogP contribution in [0.3, 0.4) is 0 Å². The van der Waals surface area contributed by atoms with Gasteiger partial charge in [-0.3, -0.25) is 28.5 Å². The first-order valence-corrected chi connectivity index (χ1v) is 24.8. The number of Topliss-reactive ketones (excluding diaryl/α,β-unsaturated/α-hetero) is 1. The van der Waals surface area contributed by atoms with Crippen molar-refractivity contribution >= 4 is 78.2 Å². The number of hydrogen-bond donors (Lipinski definition) is 5. The third-order valence-corrected chi connectivity index (χ3v) is 16.0. The molecule has 2 heterocycles. The largest absolute Gasteiger partial charge is 0.493 e. The van der Waals surface area contributed by atoms with Gasteiger partial charge in [-0.1, -0.05) is 46.7 Å². The monoisotopic (exact) mass is 941 g/mol. The van der Waals surface area contributed by atoms with E-state index in [1.807, 2.05) is 56.0 Å². The Balaban J connectivity index is 1.15. The van der Waals surface area contributed by atoms with E-state index in [1.54, 1.807) is 31.2 Å². The lowest BCUT2D eigenvalue weighted by molar-refractivity contribution is -0.130. The van der Waals surface area contributed by atoms with Gasteiger partial charge in [0, 0.05) is 47.0 Å². The molecule has 16 nitrogen and oxygen atoms in total. The molecule has 64 heavy (non-hydrogen) atoms. The first kappa shape index (κ1) is 50.2. The van der Waals surface area contributed by atoms with Gasteiger partial charge in [0.15, 0.2) is 11.5 Å². The summed E-state index contributed by atoms with van der Waals surface area (Å²) in [5.41, 5.74) is 5.11. The predicted octanol–water partition coefficient (Wildman–Crippen LogP) is 6.32. The molecule has 5 N–H and O–H groups in total. The molecular formula is C45H59N5O11S3. The lowest BCUT2D eigenvalue weighted by Gasteiger charge is -2.26. The second-order valence-corrected chi connectivity index (χ2v) is 21.6. The number of rotatable bonds is 22. The zero-order valence-electron chi connectivity index (χ0n) is 37.4. The number of anilines is 3. The maximum atomic E-state index is 13.9. The molecule has 2 unspecified atom stereocenters. The van der Waals surface area contributed by atoms with Crippen LogP contribution in [0.2, 0.25) is 0 Å². The van der Waals surface area contributed by atoms with Gasteiger partial charge in [-0.15, -0.1) is 0 Å². The molecule has 4 amide bonds. The van der Waals surface area contributed by atoms with Gasteiger partial charge in [0.05, 0.1) is 31.0 Å². The summed E-state index contributed by atoms with van der Waals surface area (Å²) in [4.78, 5) is 66.8. The van der Waals surface area contributed by atoms with Crippen molar-refractivity contribution in [3.8, 4) is 11.5 Å². The number of amides is 4. The molecule has 19 heteroatoms. The van der Waals surface area contributed by atoms with Gasteiger partial charge in [-0.2, -0.15) is 8.42 Å². The number of ketones is 1. The van der Waals surface area contributed by atoms with Crippen LogP contribution in [0.15, 0.2) is 54.6 Å². The first-order chi connectivity index (χ1) is 30.2. The lowest BCUT2D eigenvalue weighted by atomic mass is 10.1. The highest BCUT2D eigenvalue weighted by atomic mass is 33.1. The lowest BCUT2D eigenvalue weighted by Crippen LogP contribution is -2.50. The van der Waals surface area contributed by atoms with Crippen LogP contribution in [-0.4, -0.2) is 96.0 Å². The Kier molecular flexibility index (Phi) is 17.2. The van der Waals surface area contributed by atoms with Crippen molar-refractivity contribution < 1.29 is 51.2 Å². The van der Waals surface area contributed by atoms with Crippen LogP contribution in [0.25, 0.3) is 0 Å². The van der Waals surface area contributed by atoms with E-state index < -0.39 is 49.8 Å². The average Bonchev–Trinajstić information content (AvgIpc) is 3.56. The zero-order chi connectivity index (χ0) is 46.9. The fourth-order valence-corrected chi connectivity index (χ4v) is 11.0. The minimum Gasteiger partial charge on any atom is -0.493 e.